The Bertz CT molecular complexity index is 4160. The number of ether oxygens (including phenoxy) is 14. The molecule has 4 saturated carbocycles. The van der Waals surface area contributed by atoms with Crippen LogP contribution in [-0.2, 0) is 99.9 Å². The Hall–Kier alpha value is -6.06. The summed E-state index contributed by atoms with van der Waals surface area (Å²) < 4.78 is 74.9. The number of hydroxylamine groups is 2. The fourth-order valence-corrected chi connectivity index (χ4v) is 27.9. The Kier molecular flexibility index (Phi) is 44.6. The highest BCUT2D eigenvalue weighted by Gasteiger charge is 2.65. The van der Waals surface area contributed by atoms with Gasteiger partial charge in [-0.2, -0.15) is 0 Å². The molecule has 8 aliphatic carbocycles. The number of likely N-dealkylation sites (tertiary alicyclic amines) is 2. The molecule has 9 N–H and O–H groups in total. The van der Waals surface area contributed by atoms with Gasteiger partial charge in [0.1, 0.15) is 38.5 Å². The van der Waals surface area contributed by atoms with Gasteiger partial charge in [0, 0.05) is 115 Å². The summed E-state index contributed by atoms with van der Waals surface area (Å²) in [5.74, 6) is 5.75. The predicted octanol–water partition coefficient (Wildman–Crippen LogP) is 9.99. The summed E-state index contributed by atoms with van der Waals surface area (Å²) in [7, 11) is 12.9. The van der Waals surface area contributed by atoms with Crippen LogP contribution in [0.2, 0.25) is 0 Å². The first-order valence-corrected chi connectivity index (χ1v) is 55.0. The molecular formula is C98H157N9O27S4. The fraction of sp³-hybridized carbons (Fsp3) is 0.816. The molecule has 5 heterocycles. The van der Waals surface area contributed by atoms with Crippen molar-refractivity contribution in [3.63, 3.8) is 0 Å². The number of hydrogen-bond acceptors (Lipinski definition) is 32. The monoisotopic (exact) mass is 2020 g/mol. The minimum absolute atomic E-state index is 0.00394. The standard InChI is InChI=1S/C47H76N4O12S2.C32H50N2O3S2.C19H31N3O12/c1-30-25-40-42(32(3)47(63-40)13-10-35-36-8-7-33-26-34(52)9-12-46(33,4)38(36)27-37(35)31(47)2)51(29-30)41(53)11-23-64-65-24-14-48-43(54)39(50-45(56)62-22-20-60-18-16-58-6)28-49-44(55)61-21-19-59-17-15-57-5;1-19-15-28-30(34(18-19)29(36)9-13-38-39-14-12-33)21(3)32(37-28)11-8-24-25-6-5-22-16-23(35)7-10-31(22,4)27(25)17-26(24)20(32)2;1-28-5-7-30-9-11-32-18(26)20-13-14(17(25)34-22-15(23)3-4-16(22)24)21-19(27)33-12-10-31-8-6-29-2/h7,30,32,34-36,38-40,42,52H,8-29H2,1-6H3,(H,48,54)(H,49,55)(H,50,56);5,19,21,23-25,27-28,30,35H,6-18,33H2,1-4H3;14H,3-13H2,1-2H3,(H,20,26)(H,21,27)/t30-,32+,34-,35-,36-,38-,39?,40+,42-,46-,47-;19-,21+,23-,24-,25-,27-,28+,30-,31-,32-;/m00./s1. The van der Waals surface area contributed by atoms with E-state index in [-0.39, 0.29) is 143 Å². The van der Waals surface area contributed by atoms with Crippen molar-refractivity contribution in [3.05, 3.63) is 45.6 Å². The Morgan fingerprint density at radius 2 is 0.877 bits per heavy atom. The number of carbonyl (C=O) groups is 10. The van der Waals surface area contributed by atoms with Crippen LogP contribution in [0.3, 0.4) is 0 Å². The zero-order chi connectivity index (χ0) is 99.3. The van der Waals surface area contributed by atoms with Crippen LogP contribution in [0.25, 0.3) is 0 Å². The van der Waals surface area contributed by atoms with E-state index in [1.807, 2.05) is 0 Å². The number of piperidine rings is 2. The van der Waals surface area contributed by atoms with Crippen molar-refractivity contribution in [1.29, 1.82) is 0 Å². The molecule has 5 saturated heterocycles. The summed E-state index contributed by atoms with van der Waals surface area (Å²) in [6.45, 7) is 24.1. The molecule has 36 nitrogen and oxygen atoms in total. The second kappa shape index (κ2) is 54.8. The molecule has 22 atom stereocenters. The van der Waals surface area contributed by atoms with Crippen molar-refractivity contribution in [3.8, 4) is 0 Å². The maximum atomic E-state index is 14.1. The molecule has 780 valence electrons. The first kappa shape index (κ1) is 112. The molecule has 0 radical (unpaired) electrons. The van der Waals surface area contributed by atoms with Gasteiger partial charge in [-0.15, -0.1) is 5.06 Å². The van der Waals surface area contributed by atoms with E-state index in [2.05, 4.69) is 104 Å². The Labute approximate surface area is 830 Å². The molecule has 13 rings (SSSR count). The molecule has 0 bridgehead atoms. The second-order valence-corrected chi connectivity index (χ2v) is 44.9. The maximum absolute atomic E-state index is 14.1. The highest BCUT2D eigenvalue weighted by Crippen LogP contribution is 2.68. The van der Waals surface area contributed by atoms with E-state index in [1.54, 1.807) is 68.5 Å². The molecule has 9 fully saturated rings. The number of alkyl carbamates (subject to hydrolysis) is 4. The average molecular weight is 2020 g/mol. The number of rotatable bonds is 46. The summed E-state index contributed by atoms with van der Waals surface area (Å²) in [6, 6.07) is -2.38. The van der Waals surface area contributed by atoms with E-state index < -0.39 is 66.7 Å². The Morgan fingerprint density at radius 1 is 0.493 bits per heavy atom. The number of nitrogens with two attached hydrogens (primary N) is 1. The molecule has 0 aromatic carbocycles. The van der Waals surface area contributed by atoms with Crippen LogP contribution < -0.4 is 32.3 Å². The van der Waals surface area contributed by atoms with Crippen molar-refractivity contribution in [2.45, 2.75) is 244 Å². The van der Waals surface area contributed by atoms with Gasteiger partial charge in [-0.25, -0.2) is 24.0 Å². The number of imide groups is 1. The number of carbonyl (C=O) groups excluding carboxylic acids is 10. The maximum Gasteiger partial charge on any atom is 0.407 e. The summed E-state index contributed by atoms with van der Waals surface area (Å²) in [6.07, 6.45) is 19.0. The predicted molar refractivity (Wildman–Crippen MR) is 522 cm³/mol. The molecule has 5 aliphatic heterocycles. The van der Waals surface area contributed by atoms with E-state index in [0.717, 1.165) is 114 Å². The number of allylic oxidation sites excluding steroid dienone is 4. The normalized spacial score (nSPS) is 31.2. The largest absolute Gasteiger partial charge is 0.447 e. The SMILES string of the molecule is CC1=C2C[C@H]3[C@@H](CC=C4C[C@@H](O)CC[C@@]43C)[C@@H]2CC[C@]12O[C@@H]1C[C@H](C)CN(C(=O)CCSSCCN)[C@H]1[C@H]2C.COCCOCCOC(=O)NCC(NC(=O)OCCOCCOC)C(=O)NCCSSCCC(=O)N1C[C@@H](C)C[C@H]2O[C@]3(CC[C@@H]4C(=C3C)C[C@H]3[C@H]4CC=C4C[C@@H](O)CC[C@@]43C)[C@H](C)[C@@H]21.COCCOCCOC(=O)NCC(NC(=O)OCCOCCOC)C(=O)ON1C(=O)CCC1=O. The van der Waals surface area contributed by atoms with Crippen LogP contribution in [0.4, 0.5) is 19.2 Å². The highest BCUT2D eigenvalue weighted by molar-refractivity contribution is 8.77. The van der Waals surface area contributed by atoms with Gasteiger partial charge in [0.15, 0.2) is 0 Å². The van der Waals surface area contributed by atoms with Crippen LogP contribution in [0.1, 0.15) is 184 Å². The minimum Gasteiger partial charge on any atom is -0.447 e. The van der Waals surface area contributed by atoms with Crippen LogP contribution >= 0.6 is 43.2 Å². The third-order valence-corrected chi connectivity index (χ3v) is 36.0. The number of hydrogen-bond donors (Lipinski definition) is 8. The van der Waals surface area contributed by atoms with Crippen molar-refractivity contribution in [2.75, 3.05) is 196 Å². The summed E-state index contributed by atoms with van der Waals surface area (Å²) in [5.41, 5.74) is 14.8. The highest BCUT2D eigenvalue weighted by atomic mass is 33.1. The van der Waals surface area contributed by atoms with E-state index in [9.17, 15) is 58.2 Å². The quantitative estimate of drug-likeness (QED) is 0.00923. The van der Waals surface area contributed by atoms with Crippen LogP contribution in [0.15, 0.2) is 45.6 Å². The van der Waals surface area contributed by atoms with E-state index >= 15 is 0 Å². The fourth-order valence-electron chi connectivity index (χ4n) is 24.2. The number of nitrogens with one attached hydrogen (secondary N) is 5. The number of fused-ring (bicyclic) bond motifs is 12. The first-order valence-electron chi connectivity index (χ1n) is 50.0. The topological polar surface area (TPSA) is 446 Å². The van der Waals surface area contributed by atoms with Gasteiger partial charge in [-0.3, -0.25) is 24.0 Å². The lowest BCUT2D eigenvalue weighted by Crippen LogP contribution is -2.54. The molecule has 138 heavy (non-hydrogen) atoms. The summed E-state index contributed by atoms with van der Waals surface area (Å²) in [4.78, 5) is 134. The van der Waals surface area contributed by atoms with Gasteiger partial charge in [0.05, 0.1) is 140 Å². The van der Waals surface area contributed by atoms with E-state index in [1.165, 1.54) is 55.8 Å². The first-order chi connectivity index (χ1) is 66.4. The molecule has 2 unspecified atom stereocenters. The lowest BCUT2D eigenvalue weighted by Gasteiger charge is -2.49. The number of aliphatic hydroxyl groups excluding tert-OH is 2. The molecule has 2 spiro atoms. The van der Waals surface area contributed by atoms with Crippen LogP contribution in [0.5, 0.6) is 0 Å². The number of amides is 9. The van der Waals surface area contributed by atoms with Crippen LogP contribution in [-0.4, -0.2) is 341 Å². The summed E-state index contributed by atoms with van der Waals surface area (Å²) in [5, 5.41) is 33.5. The zero-order valence-corrected chi connectivity index (χ0v) is 86.5. The molecule has 9 amide bonds. The van der Waals surface area contributed by atoms with Gasteiger partial charge in [-0.1, -0.05) is 119 Å². The lowest BCUT2D eigenvalue weighted by molar-refractivity contribution is -0.198. The third-order valence-electron chi connectivity index (χ3n) is 31.1. The van der Waals surface area contributed by atoms with Gasteiger partial charge in [0.2, 0.25) is 17.7 Å². The van der Waals surface area contributed by atoms with E-state index in [0.29, 0.717) is 149 Å². The minimum atomic E-state index is -1.49. The van der Waals surface area contributed by atoms with Crippen molar-refractivity contribution < 1.29 is 129 Å². The lowest BCUT2D eigenvalue weighted by atomic mass is 9.56. The van der Waals surface area contributed by atoms with Gasteiger partial charge >= 0.3 is 30.3 Å². The van der Waals surface area contributed by atoms with Crippen molar-refractivity contribution >= 4 is 103 Å². The van der Waals surface area contributed by atoms with E-state index in [4.69, 9.17) is 76.9 Å². The number of aliphatic hydroxyl groups is 2. The smallest absolute Gasteiger partial charge is 0.407 e. The van der Waals surface area contributed by atoms with Crippen molar-refractivity contribution in [1.82, 2.24) is 41.4 Å². The zero-order valence-electron chi connectivity index (χ0n) is 83.2. The van der Waals surface area contributed by atoms with Gasteiger partial charge in [0.25, 0.3) is 11.8 Å². The molecule has 13 aliphatic rings. The molecule has 0 aromatic rings. The molecule has 0 aromatic heterocycles. The number of methoxy groups -OCH3 is 4. The Morgan fingerprint density at radius 3 is 1.29 bits per heavy atom. The van der Waals surface area contributed by atoms with Gasteiger partial charge < -0.3 is 123 Å². The van der Waals surface area contributed by atoms with Crippen molar-refractivity contribution in [2.24, 2.45) is 75.7 Å². The second-order valence-electron chi connectivity index (χ2n) is 39.5. The van der Waals surface area contributed by atoms with Crippen LogP contribution in [0, 0.1) is 70.0 Å². The molecular weight excluding hydrogens is 1860 g/mol. The van der Waals surface area contributed by atoms with Gasteiger partial charge in [-0.05, 0) is 186 Å². The number of nitrogens with zero attached hydrogens (tertiary/aromatic N) is 3. The Balaban J connectivity index is 0.000000213. The molecule has 40 heteroatoms. The summed E-state index contributed by atoms with van der Waals surface area (Å²) >= 11 is 0. The average Bonchev–Trinajstić information content (AvgIpc) is 1.55. The third kappa shape index (κ3) is 28.8.